The smallest absolute Gasteiger partial charge is 0.248 e. The number of aromatic amines is 1. The van der Waals surface area contributed by atoms with Crippen LogP contribution in [-0.4, -0.2) is 55.8 Å². The average molecular weight is 494 g/mol. The Kier molecular flexibility index (Phi) is 6.28. The zero-order chi connectivity index (χ0) is 25.5. The molecule has 1 aliphatic carbocycles. The molecule has 0 unspecified atom stereocenters. The minimum Gasteiger partial charge on any atom is -0.386 e. The number of carbonyl (C=O) groups is 2. The summed E-state index contributed by atoms with van der Waals surface area (Å²) in [6.45, 7) is 3.34. The van der Waals surface area contributed by atoms with Gasteiger partial charge in [-0.1, -0.05) is 43.5 Å². The average Bonchev–Trinajstić information content (AvgIpc) is 3.49. The van der Waals surface area contributed by atoms with Gasteiger partial charge in [0.2, 0.25) is 11.8 Å². The number of nitrogens with one attached hydrogen (secondary N) is 2. The van der Waals surface area contributed by atoms with E-state index in [4.69, 9.17) is 0 Å². The van der Waals surface area contributed by atoms with E-state index in [9.17, 15) is 19.1 Å². The molecular weight excluding hydrogens is 461 g/mol. The van der Waals surface area contributed by atoms with E-state index in [0.29, 0.717) is 24.2 Å². The molecule has 1 aliphatic heterocycles. The van der Waals surface area contributed by atoms with Crippen LogP contribution >= 0.6 is 0 Å². The van der Waals surface area contributed by atoms with Gasteiger partial charge in [0.1, 0.15) is 23.5 Å². The minimum absolute atomic E-state index is 0.0424. The SMILES string of the molecule is CC(C)(O)c1ccc(C2(C(=O)N3C[C@H](F)C[C@@H]3C(=O)Nc3ccc4[nH]ncc4n3)CCCCC2)cc1. The van der Waals surface area contributed by atoms with Gasteiger partial charge in [-0.25, -0.2) is 9.37 Å². The molecule has 1 saturated heterocycles. The summed E-state index contributed by atoms with van der Waals surface area (Å²) in [5, 5.41) is 19.9. The Hall–Kier alpha value is -3.33. The van der Waals surface area contributed by atoms with Crippen LogP contribution in [0.15, 0.2) is 42.6 Å². The van der Waals surface area contributed by atoms with Crippen molar-refractivity contribution in [1.29, 1.82) is 0 Å². The van der Waals surface area contributed by atoms with Crippen LogP contribution in [0.1, 0.15) is 63.5 Å². The second kappa shape index (κ2) is 9.28. The number of rotatable bonds is 5. The fraction of sp³-hybridized carbons (Fsp3) is 0.481. The van der Waals surface area contributed by atoms with E-state index in [1.54, 1.807) is 32.2 Å². The Balaban J connectivity index is 1.42. The lowest BCUT2D eigenvalue weighted by Gasteiger charge is -2.40. The maximum absolute atomic E-state index is 14.7. The number of hydrogen-bond donors (Lipinski definition) is 3. The fourth-order valence-electron chi connectivity index (χ4n) is 5.62. The van der Waals surface area contributed by atoms with Gasteiger partial charge >= 0.3 is 0 Å². The fourth-order valence-corrected chi connectivity index (χ4v) is 5.62. The number of anilines is 1. The first kappa shape index (κ1) is 24.4. The van der Waals surface area contributed by atoms with Crippen molar-refractivity contribution in [3.63, 3.8) is 0 Å². The number of alkyl halides is 1. The summed E-state index contributed by atoms with van der Waals surface area (Å²) in [6.07, 6.45) is 4.35. The van der Waals surface area contributed by atoms with Crippen LogP contribution in [0, 0.1) is 0 Å². The molecule has 9 heteroatoms. The van der Waals surface area contributed by atoms with Gasteiger partial charge in [-0.05, 0) is 49.9 Å². The monoisotopic (exact) mass is 493 g/mol. The van der Waals surface area contributed by atoms with Crippen molar-refractivity contribution in [2.75, 3.05) is 11.9 Å². The van der Waals surface area contributed by atoms with Crippen molar-refractivity contribution in [3.05, 3.63) is 53.7 Å². The van der Waals surface area contributed by atoms with Gasteiger partial charge in [0.15, 0.2) is 0 Å². The predicted octanol–water partition coefficient (Wildman–Crippen LogP) is 3.96. The molecule has 2 aliphatic rings. The quantitative estimate of drug-likeness (QED) is 0.498. The molecular formula is C27H32FN5O3. The highest BCUT2D eigenvalue weighted by molar-refractivity contribution is 5.99. The van der Waals surface area contributed by atoms with Gasteiger partial charge < -0.3 is 15.3 Å². The first-order valence-electron chi connectivity index (χ1n) is 12.6. The first-order chi connectivity index (χ1) is 17.2. The minimum atomic E-state index is -1.27. The Morgan fingerprint density at radius 2 is 1.86 bits per heavy atom. The van der Waals surface area contributed by atoms with Crippen LogP contribution in [0.25, 0.3) is 11.0 Å². The van der Waals surface area contributed by atoms with E-state index in [1.165, 1.54) is 4.90 Å². The maximum Gasteiger partial charge on any atom is 0.248 e. The first-order valence-corrected chi connectivity index (χ1v) is 12.6. The van der Waals surface area contributed by atoms with Crippen LogP contribution in [0.5, 0.6) is 0 Å². The summed E-state index contributed by atoms with van der Waals surface area (Å²) >= 11 is 0. The molecule has 3 aromatic rings. The summed E-state index contributed by atoms with van der Waals surface area (Å²) in [7, 11) is 0. The van der Waals surface area contributed by atoms with Crippen LogP contribution in [0.4, 0.5) is 10.2 Å². The standard InChI is InChI=1S/C27H32FN5O3/c1-26(2,36)17-6-8-18(9-7-17)27(12-4-3-5-13-27)25(35)33-16-19(28)14-22(33)24(34)31-23-11-10-20-21(30-23)15-29-32-20/h6-11,15,19,22,36H,3-5,12-14,16H2,1-2H3,(H,29,32)(H,30,31,34)/t19-,22-/m1/s1. The third-order valence-electron chi connectivity index (χ3n) is 7.62. The van der Waals surface area contributed by atoms with Crippen LogP contribution in [0.2, 0.25) is 0 Å². The highest BCUT2D eigenvalue weighted by Crippen LogP contribution is 2.43. The molecule has 8 nitrogen and oxygen atoms in total. The molecule has 0 bridgehead atoms. The third-order valence-corrected chi connectivity index (χ3v) is 7.62. The second-order valence-corrected chi connectivity index (χ2v) is 10.6. The number of pyridine rings is 1. The number of aliphatic hydroxyl groups is 1. The molecule has 2 fully saturated rings. The number of nitrogens with zero attached hydrogens (tertiary/aromatic N) is 3. The zero-order valence-corrected chi connectivity index (χ0v) is 20.6. The lowest BCUT2D eigenvalue weighted by Crippen LogP contribution is -2.52. The lowest BCUT2D eigenvalue weighted by molar-refractivity contribution is -0.143. The molecule has 0 spiro atoms. The van der Waals surface area contributed by atoms with E-state index in [1.807, 2.05) is 24.3 Å². The topological polar surface area (TPSA) is 111 Å². The highest BCUT2D eigenvalue weighted by atomic mass is 19.1. The molecule has 5 rings (SSSR count). The van der Waals surface area contributed by atoms with Crippen molar-refractivity contribution in [2.24, 2.45) is 0 Å². The van der Waals surface area contributed by atoms with Crippen molar-refractivity contribution in [3.8, 4) is 0 Å². The second-order valence-electron chi connectivity index (χ2n) is 10.6. The number of fused-ring (bicyclic) bond motifs is 1. The van der Waals surface area contributed by atoms with Crippen LogP contribution in [0.3, 0.4) is 0 Å². The third kappa shape index (κ3) is 4.48. The largest absolute Gasteiger partial charge is 0.386 e. The molecule has 3 heterocycles. The number of benzene rings is 1. The van der Waals surface area contributed by atoms with Gasteiger partial charge in [0.25, 0.3) is 0 Å². The molecule has 2 aromatic heterocycles. The number of carbonyl (C=O) groups excluding carboxylic acids is 2. The molecule has 1 saturated carbocycles. The molecule has 1 aromatic carbocycles. The molecule has 190 valence electrons. The molecule has 2 atom stereocenters. The van der Waals surface area contributed by atoms with Crippen molar-refractivity contribution < 1.29 is 19.1 Å². The van der Waals surface area contributed by atoms with Gasteiger partial charge in [-0.2, -0.15) is 5.10 Å². The number of likely N-dealkylation sites (tertiary alicyclic amines) is 1. The van der Waals surface area contributed by atoms with Crippen LogP contribution in [-0.2, 0) is 20.6 Å². The number of H-pyrrole nitrogens is 1. The summed E-state index contributed by atoms with van der Waals surface area (Å²) in [5.41, 5.74) is 1.15. The number of hydrogen-bond acceptors (Lipinski definition) is 5. The van der Waals surface area contributed by atoms with E-state index in [2.05, 4.69) is 20.5 Å². The Morgan fingerprint density at radius 1 is 1.14 bits per heavy atom. The summed E-state index contributed by atoms with van der Waals surface area (Å²) < 4.78 is 14.7. The normalized spacial score (nSPS) is 22.1. The zero-order valence-electron chi connectivity index (χ0n) is 20.6. The number of aromatic nitrogens is 3. The molecule has 3 N–H and O–H groups in total. The molecule has 36 heavy (non-hydrogen) atoms. The van der Waals surface area contributed by atoms with E-state index < -0.39 is 29.1 Å². The Morgan fingerprint density at radius 3 is 2.56 bits per heavy atom. The van der Waals surface area contributed by atoms with E-state index >= 15 is 0 Å². The van der Waals surface area contributed by atoms with Crippen molar-refractivity contribution >= 4 is 28.7 Å². The molecule has 0 radical (unpaired) electrons. The summed E-state index contributed by atoms with van der Waals surface area (Å²) in [5.74, 6) is -0.308. The van der Waals surface area contributed by atoms with Gasteiger partial charge in [0.05, 0.1) is 29.3 Å². The van der Waals surface area contributed by atoms with Crippen molar-refractivity contribution in [1.82, 2.24) is 20.1 Å². The van der Waals surface area contributed by atoms with Gasteiger partial charge in [-0.15, -0.1) is 0 Å². The highest BCUT2D eigenvalue weighted by Gasteiger charge is 2.49. The number of halogens is 1. The number of amides is 2. The summed E-state index contributed by atoms with van der Waals surface area (Å²) in [6, 6.07) is 10.0. The van der Waals surface area contributed by atoms with E-state index in [0.717, 1.165) is 35.9 Å². The predicted molar refractivity (Wildman–Crippen MR) is 134 cm³/mol. The van der Waals surface area contributed by atoms with Crippen molar-refractivity contribution in [2.45, 2.75) is 75.6 Å². The van der Waals surface area contributed by atoms with E-state index in [-0.39, 0.29) is 18.9 Å². The summed E-state index contributed by atoms with van der Waals surface area (Å²) in [4.78, 5) is 33.2. The van der Waals surface area contributed by atoms with Gasteiger partial charge in [0, 0.05) is 6.42 Å². The Labute approximate surface area is 209 Å². The lowest BCUT2D eigenvalue weighted by atomic mass is 9.68. The van der Waals surface area contributed by atoms with Crippen LogP contribution < -0.4 is 5.32 Å². The van der Waals surface area contributed by atoms with Gasteiger partial charge in [-0.3, -0.25) is 14.7 Å². The molecule has 2 amide bonds. The Bertz CT molecular complexity index is 1260. The maximum atomic E-state index is 14.7.